The van der Waals surface area contributed by atoms with Crippen LogP contribution in [0.4, 0.5) is 17.6 Å². The molecule has 1 aliphatic rings. The summed E-state index contributed by atoms with van der Waals surface area (Å²) in [7, 11) is 0. The molecule has 6 nitrogen and oxygen atoms in total. The maximum absolute atomic E-state index is 13.5. The van der Waals surface area contributed by atoms with Gasteiger partial charge in [-0.25, -0.2) is 9.37 Å². The van der Waals surface area contributed by atoms with Gasteiger partial charge < -0.3 is 14.4 Å². The monoisotopic (exact) mass is 399 g/mol. The minimum absolute atomic E-state index is 0.0296. The van der Waals surface area contributed by atoms with Gasteiger partial charge in [-0.1, -0.05) is 12.1 Å². The minimum Gasteiger partial charge on any atom is -0.481 e. The Labute approximate surface area is 158 Å². The first-order valence-corrected chi connectivity index (χ1v) is 8.55. The number of hydrogen-bond donors (Lipinski definition) is 0. The van der Waals surface area contributed by atoms with Crippen LogP contribution >= 0.6 is 0 Å². The Hall–Kier alpha value is -2.91. The first-order chi connectivity index (χ1) is 13.3. The molecular weight excluding hydrogens is 382 g/mol. The van der Waals surface area contributed by atoms with Crippen molar-refractivity contribution in [2.24, 2.45) is 0 Å². The number of para-hydroxylation sites is 1. The summed E-state index contributed by atoms with van der Waals surface area (Å²) >= 11 is 0. The van der Waals surface area contributed by atoms with Crippen LogP contribution in [-0.4, -0.2) is 46.6 Å². The second-order valence-corrected chi connectivity index (χ2v) is 6.16. The fourth-order valence-corrected chi connectivity index (χ4v) is 2.76. The second-order valence-electron chi connectivity index (χ2n) is 6.16. The van der Waals surface area contributed by atoms with Crippen LogP contribution in [0.1, 0.15) is 18.5 Å². The van der Waals surface area contributed by atoms with Gasteiger partial charge in [0, 0.05) is 12.7 Å². The van der Waals surface area contributed by atoms with E-state index in [9.17, 15) is 22.4 Å². The van der Waals surface area contributed by atoms with Crippen molar-refractivity contribution in [3.8, 4) is 11.8 Å². The molecule has 1 aromatic carbocycles. The maximum Gasteiger partial charge on any atom is 0.433 e. The molecule has 150 valence electrons. The lowest BCUT2D eigenvalue weighted by molar-refractivity contribution is -0.141. The number of rotatable bonds is 5. The third-order valence-electron chi connectivity index (χ3n) is 4.11. The molecule has 1 aliphatic heterocycles. The van der Waals surface area contributed by atoms with Gasteiger partial charge in [-0.2, -0.15) is 18.2 Å². The molecule has 1 amide bonds. The predicted molar refractivity (Wildman–Crippen MR) is 89.2 cm³/mol. The summed E-state index contributed by atoms with van der Waals surface area (Å²) in [6.45, 7) is 0.246. The van der Waals surface area contributed by atoms with Crippen molar-refractivity contribution in [3.05, 3.63) is 48.0 Å². The number of hydrogen-bond acceptors (Lipinski definition) is 5. The van der Waals surface area contributed by atoms with Gasteiger partial charge >= 0.3 is 12.2 Å². The summed E-state index contributed by atoms with van der Waals surface area (Å²) < 4.78 is 62.4. The van der Waals surface area contributed by atoms with E-state index in [4.69, 9.17) is 9.47 Å². The third-order valence-corrected chi connectivity index (χ3v) is 4.11. The summed E-state index contributed by atoms with van der Waals surface area (Å²) in [6, 6.07) is 6.09. The standard InChI is InChI=1S/C18H17F4N3O3/c19-13-5-1-2-6-14(13)27-11-16(26)25-9-3-4-12(10-25)28-17-23-8-7-15(24-17)18(20,21)22/h1-2,5-8,12H,3-4,9-11H2. The number of carbonyl (C=O) groups excluding carboxylic acids is 1. The number of nitrogens with zero attached hydrogens (tertiary/aromatic N) is 3. The molecule has 0 radical (unpaired) electrons. The molecule has 0 aliphatic carbocycles. The molecule has 0 bridgehead atoms. The molecule has 0 spiro atoms. The predicted octanol–water partition coefficient (Wildman–Crippen LogP) is 3.08. The number of halogens is 4. The van der Waals surface area contributed by atoms with Gasteiger partial charge in [0.05, 0.1) is 6.54 Å². The van der Waals surface area contributed by atoms with Crippen LogP contribution in [0.25, 0.3) is 0 Å². The van der Waals surface area contributed by atoms with Gasteiger partial charge in [0.25, 0.3) is 5.91 Å². The van der Waals surface area contributed by atoms with E-state index in [0.717, 1.165) is 12.3 Å². The molecule has 2 heterocycles. The number of piperidine rings is 1. The van der Waals surface area contributed by atoms with Gasteiger partial charge in [0.15, 0.2) is 23.9 Å². The lowest BCUT2D eigenvalue weighted by Gasteiger charge is -2.32. The fraction of sp³-hybridized carbons (Fsp3) is 0.389. The van der Waals surface area contributed by atoms with Crippen molar-refractivity contribution in [1.29, 1.82) is 0 Å². The zero-order chi connectivity index (χ0) is 20.1. The molecule has 10 heteroatoms. The molecule has 1 saturated heterocycles. The van der Waals surface area contributed by atoms with Crippen molar-refractivity contribution in [1.82, 2.24) is 14.9 Å². The highest BCUT2D eigenvalue weighted by atomic mass is 19.4. The molecule has 1 fully saturated rings. The molecule has 28 heavy (non-hydrogen) atoms. The van der Waals surface area contributed by atoms with E-state index in [-0.39, 0.29) is 24.8 Å². The number of aromatic nitrogens is 2. The van der Waals surface area contributed by atoms with Crippen LogP contribution < -0.4 is 9.47 Å². The highest BCUT2D eigenvalue weighted by Crippen LogP contribution is 2.28. The van der Waals surface area contributed by atoms with Gasteiger partial charge in [-0.15, -0.1) is 0 Å². The van der Waals surface area contributed by atoms with Crippen LogP contribution in [0.15, 0.2) is 36.5 Å². The van der Waals surface area contributed by atoms with Gasteiger partial charge in [0.2, 0.25) is 0 Å². The van der Waals surface area contributed by atoms with Crippen molar-refractivity contribution < 1.29 is 31.8 Å². The zero-order valence-corrected chi connectivity index (χ0v) is 14.7. The van der Waals surface area contributed by atoms with E-state index in [1.165, 1.54) is 23.1 Å². The van der Waals surface area contributed by atoms with Crippen molar-refractivity contribution >= 4 is 5.91 Å². The first-order valence-electron chi connectivity index (χ1n) is 8.55. The lowest BCUT2D eigenvalue weighted by Crippen LogP contribution is -2.46. The topological polar surface area (TPSA) is 64.5 Å². The van der Waals surface area contributed by atoms with Crippen LogP contribution in [0.3, 0.4) is 0 Å². The Bertz CT molecular complexity index is 832. The molecule has 3 rings (SSSR count). The summed E-state index contributed by atoms with van der Waals surface area (Å²) in [4.78, 5) is 20.8. The molecular formula is C18H17F4N3O3. The van der Waals surface area contributed by atoms with Crippen molar-refractivity contribution in [2.75, 3.05) is 19.7 Å². The molecule has 1 unspecified atom stereocenters. The average molecular weight is 399 g/mol. The molecule has 2 aromatic rings. The highest BCUT2D eigenvalue weighted by Gasteiger charge is 2.33. The lowest BCUT2D eigenvalue weighted by atomic mass is 10.1. The quantitative estimate of drug-likeness (QED) is 0.723. The number of likely N-dealkylation sites (tertiary alicyclic amines) is 1. The third kappa shape index (κ3) is 5.08. The summed E-state index contributed by atoms with van der Waals surface area (Å²) in [5.41, 5.74) is -1.10. The Morgan fingerprint density at radius 1 is 1.25 bits per heavy atom. The van der Waals surface area contributed by atoms with Crippen LogP contribution in [0.5, 0.6) is 11.8 Å². The SMILES string of the molecule is O=C(COc1ccccc1F)N1CCCC(Oc2nccc(C(F)(F)F)n2)C1. The van der Waals surface area contributed by atoms with E-state index in [0.29, 0.717) is 19.4 Å². The van der Waals surface area contributed by atoms with E-state index in [1.807, 2.05) is 0 Å². The Morgan fingerprint density at radius 2 is 2.04 bits per heavy atom. The normalized spacial score (nSPS) is 17.3. The second kappa shape index (κ2) is 8.41. The summed E-state index contributed by atoms with van der Waals surface area (Å²) in [6.07, 6.45) is -3.04. The number of benzene rings is 1. The molecule has 0 N–H and O–H groups in total. The number of alkyl halides is 3. The van der Waals surface area contributed by atoms with E-state index in [1.54, 1.807) is 6.07 Å². The number of carbonyl (C=O) groups is 1. The molecule has 0 saturated carbocycles. The van der Waals surface area contributed by atoms with Gasteiger partial charge in [0.1, 0.15) is 6.10 Å². The highest BCUT2D eigenvalue weighted by molar-refractivity contribution is 5.77. The smallest absolute Gasteiger partial charge is 0.433 e. The summed E-state index contributed by atoms with van der Waals surface area (Å²) in [5.74, 6) is -0.976. The Balaban J connectivity index is 1.56. The zero-order valence-electron chi connectivity index (χ0n) is 14.7. The Morgan fingerprint density at radius 3 is 2.79 bits per heavy atom. The molecule has 1 atom stereocenters. The van der Waals surface area contributed by atoms with E-state index < -0.39 is 29.8 Å². The summed E-state index contributed by atoms with van der Waals surface area (Å²) in [5, 5.41) is 0. The van der Waals surface area contributed by atoms with E-state index in [2.05, 4.69) is 9.97 Å². The average Bonchev–Trinajstić information content (AvgIpc) is 2.67. The largest absolute Gasteiger partial charge is 0.481 e. The first kappa shape index (κ1) is 19.8. The van der Waals surface area contributed by atoms with Gasteiger partial charge in [-0.05, 0) is 31.0 Å². The van der Waals surface area contributed by atoms with E-state index >= 15 is 0 Å². The minimum atomic E-state index is -4.60. The number of amides is 1. The number of ether oxygens (including phenoxy) is 2. The van der Waals surface area contributed by atoms with Crippen LogP contribution in [0.2, 0.25) is 0 Å². The maximum atomic E-state index is 13.5. The fourth-order valence-electron chi connectivity index (χ4n) is 2.76. The molecule has 1 aromatic heterocycles. The van der Waals surface area contributed by atoms with Gasteiger partial charge in [-0.3, -0.25) is 4.79 Å². The Kier molecular flexibility index (Phi) is 5.96. The van der Waals surface area contributed by atoms with Crippen LogP contribution in [0, 0.1) is 5.82 Å². The van der Waals surface area contributed by atoms with Crippen molar-refractivity contribution in [2.45, 2.75) is 25.1 Å². The van der Waals surface area contributed by atoms with Crippen molar-refractivity contribution in [3.63, 3.8) is 0 Å². The van der Waals surface area contributed by atoms with Crippen LogP contribution in [-0.2, 0) is 11.0 Å².